The normalized spacial score (nSPS) is 19.9. The van der Waals surface area contributed by atoms with Gasteiger partial charge in [-0.15, -0.1) is 0 Å². The van der Waals surface area contributed by atoms with Crippen LogP contribution in [-0.2, 0) is 29.4 Å². The van der Waals surface area contributed by atoms with Crippen molar-refractivity contribution >= 4 is 68.5 Å². The number of anilines is 3. The number of hydrogen-bond donors (Lipinski definition) is 5. The Bertz CT molecular complexity index is 2810. The molecule has 1 saturated carbocycles. The molecular weight excluding hydrogens is 893 g/mol. The first-order valence-electron chi connectivity index (χ1n) is 21.8. The predicted octanol–water partition coefficient (Wildman–Crippen LogP) is 3.58. The van der Waals surface area contributed by atoms with Crippen LogP contribution >= 0.6 is 0 Å². The Labute approximate surface area is 384 Å². The van der Waals surface area contributed by atoms with Gasteiger partial charge in [0.15, 0.2) is 5.82 Å². The summed E-state index contributed by atoms with van der Waals surface area (Å²) in [5.41, 5.74) is 1.27. The average Bonchev–Trinajstić information content (AvgIpc) is 3.74. The van der Waals surface area contributed by atoms with E-state index in [2.05, 4.69) is 52.3 Å². The van der Waals surface area contributed by atoms with Gasteiger partial charge in [-0.3, -0.25) is 38.9 Å². The van der Waals surface area contributed by atoms with E-state index < -0.39 is 44.4 Å². The second kappa shape index (κ2) is 19.1. The fourth-order valence-corrected chi connectivity index (χ4v) is 9.91. The molecule has 7 heterocycles. The molecule has 2 bridgehead atoms. The third-order valence-corrected chi connectivity index (χ3v) is 14.6. The Kier molecular flexibility index (Phi) is 13.3. The molecule has 5 fully saturated rings. The maximum Gasteiger partial charge on any atom is 0.301 e. The van der Waals surface area contributed by atoms with Crippen LogP contribution in [-0.4, -0.2) is 142 Å². The maximum absolute atomic E-state index is 15.6. The highest BCUT2D eigenvalue weighted by Gasteiger charge is 2.57. The molecule has 4 aliphatic heterocycles. The number of H-pyrrole nitrogens is 1. The number of nitrogens with zero attached hydrogens (tertiary/aromatic N) is 7. The first kappa shape index (κ1) is 46.6. The minimum atomic E-state index is -4.15. The lowest BCUT2D eigenvalue weighted by Crippen LogP contribution is -2.69. The lowest BCUT2D eigenvalue weighted by Gasteiger charge is -2.50. The van der Waals surface area contributed by atoms with Gasteiger partial charge in [0.2, 0.25) is 23.5 Å². The van der Waals surface area contributed by atoms with Gasteiger partial charge in [-0.2, -0.15) is 12.7 Å². The molecule has 67 heavy (non-hydrogen) atoms. The molecule has 5 aliphatic rings. The van der Waals surface area contributed by atoms with E-state index in [9.17, 15) is 27.6 Å². The van der Waals surface area contributed by atoms with Crippen molar-refractivity contribution in [2.45, 2.75) is 44.1 Å². The number of carboxylic acid groups (broad SMARTS) is 1. The SMILES string of the molecule is CCN(C)S(=O)(=O)Nc1ccc(F)c(C(=O)c2c[nH]c3ncc(-c4cnc(N5CCN(C(=O)CN6CCC(c7ccc(NC89CC(C8)C(=O)NC9=O)cc7)CC6)CC5)nc4)cc23)c1F.O=CO. The van der Waals surface area contributed by atoms with Gasteiger partial charge in [-0.05, 0) is 80.6 Å². The number of ketones is 1. The van der Waals surface area contributed by atoms with Crippen LogP contribution in [0.3, 0.4) is 0 Å². The van der Waals surface area contributed by atoms with Crippen molar-refractivity contribution < 1.29 is 46.3 Å². The van der Waals surface area contributed by atoms with Gasteiger partial charge in [-0.25, -0.2) is 23.7 Å². The molecular formula is C45H49F2N11O8S. The summed E-state index contributed by atoms with van der Waals surface area (Å²) in [5.74, 6) is -3.06. The highest BCUT2D eigenvalue weighted by Crippen LogP contribution is 2.44. The lowest BCUT2D eigenvalue weighted by molar-refractivity contribution is -0.149. The van der Waals surface area contributed by atoms with Crippen molar-refractivity contribution in [3.05, 3.63) is 95.6 Å². The Morgan fingerprint density at radius 1 is 0.940 bits per heavy atom. The zero-order valence-electron chi connectivity index (χ0n) is 36.7. The zero-order chi connectivity index (χ0) is 47.6. The molecule has 22 heteroatoms. The number of amides is 3. The molecule has 352 valence electrons. The molecule has 3 amide bonds. The van der Waals surface area contributed by atoms with Crippen molar-refractivity contribution in [1.82, 2.24) is 39.4 Å². The first-order valence-corrected chi connectivity index (χ1v) is 23.2. The van der Waals surface area contributed by atoms with Gasteiger partial charge in [0, 0.05) is 98.2 Å². The number of fused-ring (bicyclic) bond motifs is 3. The van der Waals surface area contributed by atoms with Crippen LogP contribution in [0, 0.1) is 17.6 Å². The number of benzene rings is 2. The van der Waals surface area contributed by atoms with E-state index in [0.29, 0.717) is 74.2 Å². The summed E-state index contributed by atoms with van der Waals surface area (Å²) in [5, 5.41) is 13.0. The number of nitrogens with one attached hydrogen (secondary N) is 4. The predicted molar refractivity (Wildman–Crippen MR) is 242 cm³/mol. The van der Waals surface area contributed by atoms with E-state index in [1.54, 1.807) is 31.6 Å². The van der Waals surface area contributed by atoms with Crippen molar-refractivity contribution in [1.29, 1.82) is 0 Å². The van der Waals surface area contributed by atoms with Gasteiger partial charge >= 0.3 is 10.2 Å². The lowest BCUT2D eigenvalue weighted by atomic mass is 9.64. The van der Waals surface area contributed by atoms with E-state index in [1.165, 1.54) is 18.8 Å². The summed E-state index contributed by atoms with van der Waals surface area (Å²) in [4.78, 5) is 82.2. The molecule has 5 aromatic rings. The summed E-state index contributed by atoms with van der Waals surface area (Å²) in [6, 6.07) is 11.6. The van der Waals surface area contributed by atoms with Crippen LogP contribution in [0.2, 0.25) is 0 Å². The van der Waals surface area contributed by atoms with Gasteiger partial charge in [0.1, 0.15) is 17.0 Å². The number of aromatic amines is 1. The summed E-state index contributed by atoms with van der Waals surface area (Å²) >= 11 is 0. The summed E-state index contributed by atoms with van der Waals surface area (Å²) in [6.07, 6.45) is 9.04. The number of carbonyl (C=O) groups is 5. The zero-order valence-corrected chi connectivity index (χ0v) is 37.5. The molecule has 5 N–H and O–H groups in total. The number of rotatable bonds is 13. The minimum absolute atomic E-state index is 0.0665. The minimum Gasteiger partial charge on any atom is -0.483 e. The van der Waals surface area contributed by atoms with Crippen LogP contribution in [0.15, 0.2) is 67.3 Å². The van der Waals surface area contributed by atoms with Crippen molar-refractivity contribution in [3.63, 3.8) is 0 Å². The summed E-state index contributed by atoms with van der Waals surface area (Å²) in [7, 11) is -2.86. The Hall–Kier alpha value is -6.91. The smallest absolute Gasteiger partial charge is 0.301 e. The topological polar surface area (TPSA) is 243 Å². The average molecular weight is 942 g/mol. The fourth-order valence-electron chi connectivity index (χ4n) is 8.97. The number of halogens is 2. The van der Waals surface area contributed by atoms with Crippen LogP contribution in [0.4, 0.5) is 26.1 Å². The van der Waals surface area contributed by atoms with Gasteiger partial charge < -0.3 is 25.2 Å². The number of imide groups is 1. The second-order valence-corrected chi connectivity index (χ2v) is 18.8. The van der Waals surface area contributed by atoms with Gasteiger partial charge in [0.05, 0.1) is 17.8 Å². The van der Waals surface area contributed by atoms with E-state index >= 15 is 8.78 Å². The number of hydrogen-bond acceptors (Lipinski definition) is 13. The van der Waals surface area contributed by atoms with Crippen LogP contribution in [0.25, 0.3) is 22.2 Å². The first-order chi connectivity index (χ1) is 32.1. The Balaban J connectivity index is 0.00000198. The van der Waals surface area contributed by atoms with Crippen molar-refractivity contribution in [2.75, 3.05) is 74.3 Å². The van der Waals surface area contributed by atoms with E-state index in [4.69, 9.17) is 9.90 Å². The Morgan fingerprint density at radius 3 is 2.24 bits per heavy atom. The molecule has 10 rings (SSSR count). The van der Waals surface area contributed by atoms with Crippen LogP contribution in [0.5, 0.6) is 0 Å². The van der Waals surface area contributed by atoms with Crippen LogP contribution < -0.4 is 20.3 Å². The number of carbonyl (C=O) groups excluding carboxylic acids is 4. The van der Waals surface area contributed by atoms with Gasteiger partial charge in [0.25, 0.3) is 12.4 Å². The van der Waals surface area contributed by atoms with Crippen molar-refractivity contribution in [3.8, 4) is 11.1 Å². The van der Waals surface area contributed by atoms with E-state index in [-0.39, 0.29) is 47.6 Å². The van der Waals surface area contributed by atoms with E-state index in [1.807, 2.05) is 21.9 Å². The standard InChI is InChI=1S/C44H47F2N11O6S.CH2O2/c1-3-54(2)64(62,63)53-35-9-8-34(45)37(38(35)46)39(59)33-24-48-40-32(33)18-28(21-47-40)30-22-49-43(50-23-30)57-16-14-56(15-17-57)36(58)25-55-12-10-27(11-13-55)26-4-6-31(7-5-26)52-44-19-29(20-44)41(60)51-42(44)61;2-1-3/h4-9,18,21-24,27,29,52-53H,3,10-17,19-20,25H2,1-2H3,(H,47,48)(H,51,60,61);1H,(H,2,3). The fraction of sp³-hybridized carbons (Fsp3) is 0.378. The molecule has 2 aromatic carbocycles. The van der Waals surface area contributed by atoms with Crippen molar-refractivity contribution in [2.24, 2.45) is 5.92 Å². The number of pyridine rings is 1. The third-order valence-electron chi connectivity index (χ3n) is 13.0. The summed E-state index contributed by atoms with van der Waals surface area (Å²) < 4.78 is 58.7. The quantitative estimate of drug-likeness (QED) is 0.0644. The summed E-state index contributed by atoms with van der Waals surface area (Å²) in [6.45, 7) is 5.58. The van der Waals surface area contributed by atoms with E-state index in [0.717, 1.165) is 48.1 Å². The highest BCUT2D eigenvalue weighted by molar-refractivity contribution is 7.90. The molecule has 0 spiro atoms. The molecule has 0 atom stereocenters. The number of aromatic nitrogens is 4. The molecule has 0 radical (unpaired) electrons. The number of likely N-dealkylation sites (tertiary alicyclic amines) is 1. The molecule has 3 aromatic heterocycles. The monoisotopic (exact) mass is 941 g/mol. The molecule has 1 aliphatic carbocycles. The van der Waals surface area contributed by atoms with Gasteiger partial charge in [-0.1, -0.05) is 19.1 Å². The molecule has 0 unspecified atom stereocenters. The second-order valence-electron chi connectivity index (χ2n) is 17.0. The highest BCUT2D eigenvalue weighted by atomic mass is 32.2. The largest absolute Gasteiger partial charge is 0.483 e. The number of piperazine rings is 1. The number of piperidine rings is 3. The molecule has 19 nitrogen and oxygen atoms in total. The Morgan fingerprint density at radius 2 is 1.60 bits per heavy atom. The van der Waals surface area contributed by atoms with Crippen LogP contribution in [0.1, 0.15) is 60.0 Å². The maximum atomic E-state index is 15.6. The third kappa shape index (κ3) is 9.54. The molecule has 4 saturated heterocycles.